The highest BCUT2D eigenvalue weighted by Gasteiger charge is 2.01. The van der Waals surface area contributed by atoms with E-state index in [9.17, 15) is 0 Å². The molecule has 0 radical (unpaired) electrons. The molecule has 0 atom stereocenters. The Morgan fingerprint density at radius 1 is 1.21 bits per heavy atom. The van der Waals surface area contributed by atoms with Crippen LogP contribution in [0.15, 0.2) is 57.7 Å². The largest absolute Gasteiger partial charge is 0.468 e. The van der Waals surface area contributed by atoms with Crippen molar-refractivity contribution in [1.29, 1.82) is 0 Å². The number of furan rings is 1. The van der Waals surface area contributed by atoms with E-state index >= 15 is 0 Å². The summed E-state index contributed by atoms with van der Waals surface area (Å²) in [6.07, 6.45) is 3.83. The highest BCUT2D eigenvalue weighted by molar-refractivity contribution is 9.10. The molecule has 0 unspecified atom stereocenters. The molecule has 4 heteroatoms. The van der Waals surface area contributed by atoms with Gasteiger partial charge in [-0.1, -0.05) is 15.9 Å². The van der Waals surface area contributed by atoms with E-state index in [-0.39, 0.29) is 0 Å². The number of benzene rings is 1. The molecule has 0 spiro atoms. The molecule has 19 heavy (non-hydrogen) atoms. The second kappa shape index (κ2) is 5.63. The molecule has 0 aliphatic carbocycles. The monoisotopic (exact) mass is 318 g/mol. The zero-order valence-corrected chi connectivity index (χ0v) is 12.1. The van der Waals surface area contributed by atoms with Crippen LogP contribution in [-0.2, 0) is 13.1 Å². The second-order valence-electron chi connectivity index (χ2n) is 4.47. The van der Waals surface area contributed by atoms with Crippen LogP contribution in [0.2, 0.25) is 0 Å². The summed E-state index contributed by atoms with van der Waals surface area (Å²) < 4.78 is 8.66. The Labute approximate surface area is 120 Å². The Kier molecular flexibility index (Phi) is 3.71. The minimum Gasteiger partial charge on any atom is -0.468 e. The molecule has 0 aliphatic heterocycles. The van der Waals surface area contributed by atoms with Gasteiger partial charge in [-0.25, -0.2) is 0 Å². The molecular formula is C15H15BrN2O. The molecule has 0 aliphatic rings. The molecular weight excluding hydrogens is 304 g/mol. The summed E-state index contributed by atoms with van der Waals surface area (Å²) >= 11 is 3.50. The summed E-state index contributed by atoms with van der Waals surface area (Å²) in [6, 6.07) is 12.4. The second-order valence-corrected chi connectivity index (χ2v) is 5.38. The summed E-state index contributed by atoms with van der Waals surface area (Å²) in [7, 11) is 0. The Balaban J connectivity index is 1.59. The van der Waals surface area contributed by atoms with Gasteiger partial charge in [-0.15, -0.1) is 0 Å². The smallest absolute Gasteiger partial charge is 0.117 e. The normalized spacial score (nSPS) is 11.2. The Hall–Kier alpha value is -1.52. The first-order valence-electron chi connectivity index (χ1n) is 6.30. The van der Waals surface area contributed by atoms with E-state index in [1.165, 1.54) is 10.9 Å². The lowest BCUT2D eigenvalue weighted by Crippen LogP contribution is -2.18. The van der Waals surface area contributed by atoms with Gasteiger partial charge in [-0.3, -0.25) is 0 Å². The van der Waals surface area contributed by atoms with Gasteiger partial charge in [0.15, 0.2) is 0 Å². The summed E-state index contributed by atoms with van der Waals surface area (Å²) in [5.41, 5.74) is 1.27. The summed E-state index contributed by atoms with van der Waals surface area (Å²) in [4.78, 5) is 0. The molecule has 0 amide bonds. The topological polar surface area (TPSA) is 30.1 Å². The van der Waals surface area contributed by atoms with Crippen molar-refractivity contribution in [3.63, 3.8) is 0 Å². The molecule has 0 saturated carbocycles. The Morgan fingerprint density at radius 2 is 2.16 bits per heavy atom. The van der Waals surface area contributed by atoms with Gasteiger partial charge < -0.3 is 14.3 Å². The molecule has 0 fully saturated rings. The summed E-state index contributed by atoms with van der Waals surface area (Å²) in [5, 5.41) is 4.64. The minimum atomic E-state index is 0.776. The van der Waals surface area contributed by atoms with E-state index in [1.807, 2.05) is 12.1 Å². The molecule has 2 heterocycles. The number of nitrogens with zero attached hydrogens (tertiary/aromatic N) is 1. The van der Waals surface area contributed by atoms with Gasteiger partial charge in [0.2, 0.25) is 0 Å². The van der Waals surface area contributed by atoms with E-state index in [2.05, 4.69) is 56.3 Å². The number of nitrogens with one attached hydrogen (secondary N) is 1. The Bertz CT molecular complexity index is 658. The lowest BCUT2D eigenvalue weighted by Gasteiger charge is -2.06. The van der Waals surface area contributed by atoms with Gasteiger partial charge in [0.1, 0.15) is 5.76 Å². The van der Waals surface area contributed by atoms with E-state index < -0.39 is 0 Å². The lowest BCUT2D eigenvalue weighted by molar-refractivity contribution is 0.477. The Morgan fingerprint density at radius 3 is 3.00 bits per heavy atom. The van der Waals surface area contributed by atoms with Gasteiger partial charge >= 0.3 is 0 Å². The fourth-order valence-corrected chi connectivity index (χ4v) is 2.57. The molecule has 98 valence electrons. The molecule has 0 saturated heterocycles. The SMILES string of the molecule is Brc1ccc2c(ccn2CCNCc2ccco2)c1. The molecule has 1 aromatic carbocycles. The first-order valence-corrected chi connectivity index (χ1v) is 7.10. The average molecular weight is 319 g/mol. The van der Waals surface area contributed by atoms with Crippen LogP contribution in [0.5, 0.6) is 0 Å². The van der Waals surface area contributed by atoms with Gasteiger partial charge in [0, 0.05) is 34.7 Å². The van der Waals surface area contributed by atoms with E-state index in [0.717, 1.165) is 29.9 Å². The fourth-order valence-electron chi connectivity index (χ4n) is 2.19. The maximum Gasteiger partial charge on any atom is 0.117 e. The standard InChI is InChI=1S/C15H15BrN2O/c16-13-3-4-15-12(10-13)5-7-18(15)8-6-17-11-14-2-1-9-19-14/h1-5,7,9-10,17H,6,8,11H2. The minimum absolute atomic E-state index is 0.776. The maximum atomic E-state index is 5.28. The van der Waals surface area contributed by atoms with Gasteiger partial charge in [-0.2, -0.15) is 0 Å². The molecule has 2 aromatic heterocycles. The third-order valence-corrected chi connectivity index (χ3v) is 3.64. The first-order chi connectivity index (χ1) is 9.33. The number of halogens is 1. The van der Waals surface area contributed by atoms with Crippen molar-refractivity contribution in [3.05, 3.63) is 59.1 Å². The molecule has 3 aromatic rings. The van der Waals surface area contributed by atoms with Crippen molar-refractivity contribution in [3.8, 4) is 0 Å². The van der Waals surface area contributed by atoms with Crippen LogP contribution in [0, 0.1) is 0 Å². The van der Waals surface area contributed by atoms with E-state index in [0.29, 0.717) is 0 Å². The van der Waals surface area contributed by atoms with E-state index in [4.69, 9.17) is 4.42 Å². The van der Waals surface area contributed by atoms with Crippen LogP contribution >= 0.6 is 15.9 Å². The van der Waals surface area contributed by atoms with Crippen LogP contribution in [0.1, 0.15) is 5.76 Å². The number of hydrogen-bond acceptors (Lipinski definition) is 2. The van der Waals surface area contributed by atoms with Crippen LogP contribution in [0.4, 0.5) is 0 Å². The average Bonchev–Trinajstić information content (AvgIpc) is 3.03. The first kappa shape index (κ1) is 12.5. The summed E-state index contributed by atoms with van der Waals surface area (Å²) in [5.74, 6) is 0.973. The fraction of sp³-hybridized carbons (Fsp3) is 0.200. The molecule has 1 N–H and O–H groups in total. The van der Waals surface area contributed by atoms with Crippen LogP contribution in [0.25, 0.3) is 10.9 Å². The zero-order chi connectivity index (χ0) is 13.1. The third kappa shape index (κ3) is 2.91. The molecule has 3 nitrogen and oxygen atoms in total. The van der Waals surface area contributed by atoms with Crippen LogP contribution in [0.3, 0.4) is 0 Å². The van der Waals surface area contributed by atoms with Crippen LogP contribution in [-0.4, -0.2) is 11.1 Å². The van der Waals surface area contributed by atoms with Crippen molar-refractivity contribution in [2.45, 2.75) is 13.1 Å². The van der Waals surface area contributed by atoms with Crippen molar-refractivity contribution < 1.29 is 4.42 Å². The van der Waals surface area contributed by atoms with Crippen LogP contribution < -0.4 is 5.32 Å². The van der Waals surface area contributed by atoms with Crippen molar-refractivity contribution in [2.75, 3.05) is 6.54 Å². The number of aromatic nitrogens is 1. The number of fused-ring (bicyclic) bond motifs is 1. The van der Waals surface area contributed by atoms with Crippen molar-refractivity contribution >= 4 is 26.8 Å². The van der Waals surface area contributed by atoms with Gasteiger partial charge in [-0.05, 0) is 36.4 Å². The number of rotatable bonds is 5. The lowest BCUT2D eigenvalue weighted by atomic mass is 10.2. The highest BCUT2D eigenvalue weighted by Crippen LogP contribution is 2.20. The van der Waals surface area contributed by atoms with Gasteiger partial charge in [0.25, 0.3) is 0 Å². The predicted molar refractivity (Wildman–Crippen MR) is 80.1 cm³/mol. The maximum absolute atomic E-state index is 5.28. The van der Waals surface area contributed by atoms with Crippen molar-refractivity contribution in [2.24, 2.45) is 0 Å². The number of hydrogen-bond donors (Lipinski definition) is 1. The van der Waals surface area contributed by atoms with E-state index in [1.54, 1.807) is 6.26 Å². The summed E-state index contributed by atoms with van der Waals surface area (Å²) in [6.45, 7) is 2.64. The zero-order valence-electron chi connectivity index (χ0n) is 10.5. The predicted octanol–water partition coefficient (Wildman–Crippen LogP) is 3.79. The van der Waals surface area contributed by atoms with Crippen molar-refractivity contribution in [1.82, 2.24) is 9.88 Å². The molecule has 0 bridgehead atoms. The quantitative estimate of drug-likeness (QED) is 0.725. The third-order valence-electron chi connectivity index (χ3n) is 3.14. The van der Waals surface area contributed by atoms with Gasteiger partial charge in [0.05, 0.1) is 12.8 Å². The molecule has 3 rings (SSSR count). The highest BCUT2D eigenvalue weighted by atomic mass is 79.9.